The molecule has 8 heteroatoms. The first-order valence-corrected chi connectivity index (χ1v) is 6.49. The van der Waals surface area contributed by atoms with Crippen LogP contribution in [0, 0.1) is 0 Å². The zero-order chi connectivity index (χ0) is 14.7. The first-order chi connectivity index (χ1) is 9.49. The molecule has 0 radical (unpaired) electrons. The van der Waals surface area contributed by atoms with Gasteiger partial charge in [-0.2, -0.15) is 15.0 Å². The Morgan fingerprint density at radius 1 is 1.10 bits per heavy atom. The number of halogens is 2. The summed E-state index contributed by atoms with van der Waals surface area (Å²) in [6, 6.07) is 5.10. The van der Waals surface area contributed by atoms with Crippen molar-refractivity contribution in [1.29, 1.82) is 0 Å². The van der Waals surface area contributed by atoms with E-state index in [4.69, 9.17) is 27.9 Å². The predicted molar refractivity (Wildman–Crippen MR) is 80.2 cm³/mol. The number of ether oxygens (including phenoxy) is 1. The van der Waals surface area contributed by atoms with Crippen LogP contribution in [0.4, 0.5) is 11.9 Å². The number of rotatable bonds is 4. The van der Waals surface area contributed by atoms with Gasteiger partial charge in [0.15, 0.2) is 0 Å². The Labute approximate surface area is 126 Å². The summed E-state index contributed by atoms with van der Waals surface area (Å²) in [4.78, 5) is 14.3. The van der Waals surface area contributed by atoms with Gasteiger partial charge < -0.3 is 15.0 Å². The highest BCUT2D eigenvalue weighted by molar-refractivity contribution is 6.42. The Bertz CT molecular complexity index is 621. The van der Waals surface area contributed by atoms with E-state index >= 15 is 0 Å². The van der Waals surface area contributed by atoms with E-state index in [1.807, 2.05) is 14.1 Å². The van der Waals surface area contributed by atoms with Gasteiger partial charge in [0, 0.05) is 27.2 Å². The second-order valence-electron chi connectivity index (χ2n) is 4.06. The van der Waals surface area contributed by atoms with Crippen LogP contribution >= 0.6 is 23.2 Å². The van der Waals surface area contributed by atoms with Crippen molar-refractivity contribution in [3.8, 4) is 11.8 Å². The van der Waals surface area contributed by atoms with Crippen molar-refractivity contribution in [3.05, 3.63) is 28.2 Å². The second-order valence-corrected chi connectivity index (χ2v) is 4.88. The minimum absolute atomic E-state index is 0.173. The van der Waals surface area contributed by atoms with Crippen molar-refractivity contribution >= 4 is 35.1 Å². The van der Waals surface area contributed by atoms with Crippen LogP contribution in [-0.4, -0.2) is 36.1 Å². The maximum Gasteiger partial charge on any atom is 0.328 e. The van der Waals surface area contributed by atoms with Gasteiger partial charge in [-0.15, -0.1) is 0 Å². The Kier molecular flexibility index (Phi) is 4.46. The van der Waals surface area contributed by atoms with Crippen molar-refractivity contribution in [1.82, 2.24) is 15.0 Å². The largest absolute Gasteiger partial charge is 0.424 e. The third-order valence-corrected chi connectivity index (χ3v) is 3.07. The Hall–Kier alpha value is -1.79. The molecular formula is C12H13Cl2N5O. The molecule has 20 heavy (non-hydrogen) atoms. The van der Waals surface area contributed by atoms with Crippen LogP contribution in [0.5, 0.6) is 11.8 Å². The molecule has 0 saturated carbocycles. The van der Waals surface area contributed by atoms with E-state index in [1.165, 1.54) is 0 Å². The number of nitrogens with one attached hydrogen (secondary N) is 1. The smallest absolute Gasteiger partial charge is 0.328 e. The number of nitrogens with zero attached hydrogens (tertiary/aromatic N) is 4. The fourth-order valence-electron chi connectivity index (χ4n) is 1.35. The lowest BCUT2D eigenvalue weighted by Gasteiger charge is -2.12. The van der Waals surface area contributed by atoms with E-state index < -0.39 is 0 Å². The zero-order valence-electron chi connectivity index (χ0n) is 11.2. The standard InChI is InChI=1S/C12H13Cl2N5O/c1-15-10-16-11(19(2)3)18-12(17-10)20-7-4-5-8(13)9(14)6-7/h4-6H,1-3H3,(H,15,16,17,18). The van der Waals surface area contributed by atoms with Gasteiger partial charge in [-0.1, -0.05) is 23.2 Å². The van der Waals surface area contributed by atoms with Crippen LogP contribution < -0.4 is 15.0 Å². The number of anilines is 2. The molecule has 0 aliphatic rings. The summed E-state index contributed by atoms with van der Waals surface area (Å²) >= 11 is 11.8. The maximum absolute atomic E-state index is 5.93. The van der Waals surface area contributed by atoms with Gasteiger partial charge in [-0.3, -0.25) is 0 Å². The van der Waals surface area contributed by atoms with Crippen molar-refractivity contribution in [2.45, 2.75) is 0 Å². The summed E-state index contributed by atoms with van der Waals surface area (Å²) < 4.78 is 5.58. The molecule has 0 saturated heterocycles. The van der Waals surface area contributed by atoms with E-state index in [0.29, 0.717) is 27.7 Å². The molecule has 106 valence electrons. The molecule has 6 nitrogen and oxygen atoms in total. The quantitative estimate of drug-likeness (QED) is 0.936. The van der Waals surface area contributed by atoms with Crippen molar-refractivity contribution < 1.29 is 4.74 Å². The normalized spacial score (nSPS) is 10.2. The lowest BCUT2D eigenvalue weighted by atomic mass is 10.3. The van der Waals surface area contributed by atoms with Gasteiger partial charge in [0.1, 0.15) is 5.75 Å². The lowest BCUT2D eigenvalue weighted by molar-refractivity contribution is 0.440. The fraction of sp³-hybridized carbons (Fsp3) is 0.250. The van der Waals surface area contributed by atoms with Gasteiger partial charge in [0.2, 0.25) is 11.9 Å². The highest BCUT2D eigenvalue weighted by Gasteiger charge is 2.10. The highest BCUT2D eigenvalue weighted by Crippen LogP contribution is 2.28. The van der Waals surface area contributed by atoms with Crippen molar-refractivity contribution in [2.24, 2.45) is 0 Å². The van der Waals surface area contributed by atoms with Gasteiger partial charge in [-0.05, 0) is 12.1 Å². The van der Waals surface area contributed by atoms with Crippen molar-refractivity contribution in [2.75, 3.05) is 31.4 Å². The molecular weight excluding hydrogens is 301 g/mol. The minimum atomic E-state index is 0.173. The molecule has 0 aliphatic heterocycles. The highest BCUT2D eigenvalue weighted by atomic mass is 35.5. The van der Waals surface area contributed by atoms with E-state index in [0.717, 1.165) is 0 Å². The SMILES string of the molecule is CNc1nc(Oc2ccc(Cl)c(Cl)c2)nc(N(C)C)n1. The molecule has 0 amide bonds. The Balaban J connectivity index is 2.32. The third kappa shape index (κ3) is 3.40. The number of hydrogen-bond donors (Lipinski definition) is 1. The molecule has 0 bridgehead atoms. The molecule has 0 atom stereocenters. The molecule has 2 rings (SSSR count). The maximum atomic E-state index is 5.93. The van der Waals surface area contributed by atoms with Gasteiger partial charge in [-0.25, -0.2) is 0 Å². The van der Waals surface area contributed by atoms with Gasteiger partial charge in [0.25, 0.3) is 0 Å². The fourth-order valence-corrected chi connectivity index (χ4v) is 1.64. The summed E-state index contributed by atoms with van der Waals surface area (Å²) in [5.74, 6) is 1.40. The molecule has 0 unspecified atom stereocenters. The van der Waals surface area contributed by atoms with E-state index in [1.54, 1.807) is 30.1 Å². The summed E-state index contributed by atoms with van der Waals surface area (Å²) in [5, 5.41) is 3.71. The second kappa shape index (κ2) is 6.11. The first kappa shape index (κ1) is 14.6. The number of benzene rings is 1. The summed E-state index contributed by atoms with van der Waals surface area (Å²) in [6.45, 7) is 0. The third-order valence-electron chi connectivity index (χ3n) is 2.33. The topological polar surface area (TPSA) is 63.2 Å². The molecule has 1 N–H and O–H groups in total. The molecule has 0 fully saturated rings. The lowest BCUT2D eigenvalue weighted by Crippen LogP contribution is -2.15. The molecule has 0 aliphatic carbocycles. The number of aromatic nitrogens is 3. The van der Waals surface area contributed by atoms with Crippen molar-refractivity contribution in [3.63, 3.8) is 0 Å². The first-order valence-electron chi connectivity index (χ1n) is 5.73. The Morgan fingerprint density at radius 3 is 2.45 bits per heavy atom. The minimum Gasteiger partial charge on any atom is -0.424 e. The average molecular weight is 314 g/mol. The predicted octanol–water partition coefficient (Wildman–Crippen LogP) is 3.08. The summed E-state index contributed by atoms with van der Waals surface area (Å²) in [6.07, 6.45) is 0. The van der Waals surface area contributed by atoms with Crippen LogP contribution in [0.2, 0.25) is 10.0 Å². The molecule has 2 aromatic rings. The molecule has 1 aromatic heterocycles. The van der Waals surface area contributed by atoms with E-state index in [2.05, 4.69) is 20.3 Å². The van der Waals surface area contributed by atoms with Crippen LogP contribution in [0.1, 0.15) is 0 Å². The monoisotopic (exact) mass is 313 g/mol. The molecule has 0 spiro atoms. The van der Waals surface area contributed by atoms with Crippen LogP contribution in [0.15, 0.2) is 18.2 Å². The summed E-state index contributed by atoms with van der Waals surface area (Å²) in [5.41, 5.74) is 0. The zero-order valence-corrected chi connectivity index (χ0v) is 12.7. The summed E-state index contributed by atoms with van der Waals surface area (Å²) in [7, 11) is 5.38. The van der Waals surface area contributed by atoms with Crippen LogP contribution in [0.3, 0.4) is 0 Å². The van der Waals surface area contributed by atoms with Gasteiger partial charge in [0.05, 0.1) is 10.0 Å². The molecule has 1 aromatic carbocycles. The van der Waals surface area contributed by atoms with Gasteiger partial charge >= 0.3 is 6.01 Å². The Morgan fingerprint density at radius 2 is 1.85 bits per heavy atom. The molecule has 1 heterocycles. The average Bonchev–Trinajstić information content (AvgIpc) is 2.42. The van der Waals surface area contributed by atoms with Crippen LogP contribution in [0.25, 0.3) is 0 Å². The van der Waals surface area contributed by atoms with Crippen LogP contribution in [-0.2, 0) is 0 Å². The van der Waals surface area contributed by atoms with E-state index in [-0.39, 0.29) is 6.01 Å². The number of hydrogen-bond acceptors (Lipinski definition) is 6. The van der Waals surface area contributed by atoms with E-state index in [9.17, 15) is 0 Å².